The average Bonchev–Trinajstić information content (AvgIpc) is 3.17. The van der Waals surface area contributed by atoms with Crippen molar-refractivity contribution in [2.75, 3.05) is 26.2 Å². The van der Waals surface area contributed by atoms with E-state index in [-0.39, 0.29) is 22.9 Å². The Morgan fingerprint density at radius 1 is 1.17 bits per heavy atom. The van der Waals surface area contributed by atoms with Crippen LogP contribution in [0.15, 0.2) is 34.9 Å². The van der Waals surface area contributed by atoms with E-state index in [9.17, 15) is 13.6 Å². The minimum Gasteiger partial charge on any atom is -0.494 e. The molecule has 0 radical (unpaired) electrons. The van der Waals surface area contributed by atoms with Gasteiger partial charge in [-0.2, -0.15) is 0 Å². The molecule has 0 saturated carbocycles. The smallest absolute Gasteiger partial charge is 0.338 e. The van der Waals surface area contributed by atoms with Crippen LogP contribution in [0.4, 0.5) is 20.5 Å². The minimum atomic E-state index is -2.78. The summed E-state index contributed by atoms with van der Waals surface area (Å²) < 4.78 is 42.0. The van der Waals surface area contributed by atoms with Gasteiger partial charge in [-0.05, 0) is 24.3 Å². The predicted molar refractivity (Wildman–Crippen MR) is 99.6 cm³/mol. The van der Waals surface area contributed by atoms with E-state index in [0.717, 1.165) is 0 Å². The predicted octanol–water partition coefficient (Wildman–Crippen LogP) is 3.94. The number of halogens is 2. The Kier molecular flexibility index (Phi) is 5.71. The van der Waals surface area contributed by atoms with Crippen molar-refractivity contribution in [3.8, 4) is 16.9 Å². The summed E-state index contributed by atoms with van der Waals surface area (Å²) in [5, 5.41) is 7.74. The van der Waals surface area contributed by atoms with Crippen LogP contribution >= 0.6 is 0 Å². The van der Waals surface area contributed by atoms with Crippen molar-refractivity contribution in [1.82, 2.24) is 15.2 Å². The summed E-state index contributed by atoms with van der Waals surface area (Å²) in [6.07, 6.45) is -1.59. The van der Waals surface area contributed by atoms with Gasteiger partial charge >= 0.3 is 12.0 Å². The fourth-order valence-corrected chi connectivity index (χ4v) is 2.74. The number of esters is 1. The van der Waals surface area contributed by atoms with Crippen LogP contribution < -0.4 is 9.64 Å². The first-order valence-corrected chi connectivity index (χ1v) is 8.44. The van der Waals surface area contributed by atoms with Gasteiger partial charge in [-0.1, -0.05) is 5.10 Å². The lowest BCUT2D eigenvalue weighted by Gasteiger charge is -2.18. The maximum absolute atomic E-state index is 13.2. The van der Waals surface area contributed by atoms with Crippen LogP contribution in [0.2, 0.25) is 0 Å². The SMILES string of the molecule is COC(=O)c1ccc(N(C)c2nnc(C)o2)cc1-c1cc(C(F)F)ncc1OC. The number of carbonyl (C=O) groups excluding carboxylic acids is 1. The number of ether oxygens (including phenoxy) is 2. The van der Waals surface area contributed by atoms with E-state index in [2.05, 4.69) is 15.2 Å². The van der Waals surface area contributed by atoms with E-state index in [0.29, 0.717) is 17.1 Å². The number of aromatic nitrogens is 3. The van der Waals surface area contributed by atoms with Crippen LogP contribution in [0.3, 0.4) is 0 Å². The lowest BCUT2D eigenvalue weighted by Crippen LogP contribution is -2.12. The molecule has 0 fully saturated rings. The molecule has 0 unspecified atom stereocenters. The lowest BCUT2D eigenvalue weighted by molar-refractivity contribution is 0.0601. The molecule has 0 N–H and O–H groups in total. The lowest BCUT2D eigenvalue weighted by atomic mass is 9.98. The average molecular weight is 404 g/mol. The summed E-state index contributed by atoms with van der Waals surface area (Å²) in [6, 6.07) is 6.22. The number of hydrogen-bond acceptors (Lipinski definition) is 8. The quantitative estimate of drug-likeness (QED) is 0.571. The molecule has 0 aliphatic heterocycles. The molecular formula is C19H18F2N4O4. The second-order valence-corrected chi connectivity index (χ2v) is 5.99. The third-order valence-corrected chi connectivity index (χ3v) is 4.22. The van der Waals surface area contributed by atoms with E-state index >= 15 is 0 Å². The molecule has 0 bridgehead atoms. The van der Waals surface area contributed by atoms with Crippen molar-refractivity contribution in [2.45, 2.75) is 13.3 Å². The third kappa shape index (κ3) is 4.00. The molecule has 0 atom stereocenters. The van der Waals surface area contributed by atoms with E-state index in [4.69, 9.17) is 13.9 Å². The monoisotopic (exact) mass is 404 g/mol. The van der Waals surface area contributed by atoms with Crippen LogP contribution in [-0.4, -0.2) is 42.4 Å². The number of pyridine rings is 1. The second kappa shape index (κ2) is 8.21. The Balaban J connectivity index is 2.20. The summed E-state index contributed by atoms with van der Waals surface area (Å²) in [5.74, 6) is -0.0103. The van der Waals surface area contributed by atoms with Gasteiger partial charge in [0.25, 0.3) is 6.43 Å². The zero-order valence-corrected chi connectivity index (χ0v) is 16.1. The fraction of sp³-hybridized carbons (Fsp3) is 0.263. The van der Waals surface area contributed by atoms with Crippen LogP contribution in [-0.2, 0) is 4.74 Å². The number of methoxy groups -OCH3 is 2. The van der Waals surface area contributed by atoms with Gasteiger partial charge in [0.1, 0.15) is 11.4 Å². The molecule has 0 amide bonds. The van der Waals surface area contributed by atoms with E-state index in [1.807, 2.05) is 0 Å². The van der Waals surface area contributed by atoms with Crippen LogP contribution in [0, 0.1) is 6.92 Å². The van der Waals surface area contributed by atoms with Crippen molar-refractivity contribution in [3.63, 3.8) is 0 Å². The summed E-state index contributed by atoms with van der Waals surface area (Å²) in [6.45, 7) is 1.66. The normalized spacial score (nSPS) is 10.9. The van der Waals surface area contributed by atoms with Gasteiger partial charge in [0.05, 0.1) is 26.0 Å². The standard InChI is InChI=1S/C19H18F2N4O4/c1-10-23-24-19(29-10)25(2)11-5-6-12(18(26)28-4)13(7-11)14-8-15(17(20)21)22-9-16(14)27-3/h5-9,17H,1-4H3. The van der Waals surface area contributed by atoms with E-state index in [1.54, 1.807) is 31.0 Å². The van der Waals surface area contributed by atoms with Crippen LogP contribution in [0.1, 0.15) is 28.4 Å². The summed E-state index contributed by atoms with van der Waals surface area (Å²) in [4.78, 5) is 17.6. The summed E-state index contributed by atoms with van der Waals surface area (Å²) >= 11 is 0. The molecule has 3 rings (SSSR count). The van der Waals surface area contributed by atoms with Gasteiger partial charge in [-0.3, -0.25) is 9.88 Å². The minimum absolute atomic E-state index is 0.177. The van der Waals surface area contributed by atoms with Crippen molar-refractivity contribution < 1.29 is 27.5 Å². The van der Waals surface area contributed by atoms with Gasteiger partial charge in [0.15, 0.2) is 0 Å². The first-order chi connectivity index (χ1) is 13.8. The molecule has 2 heterocycles. The summed E-state index contributed by atoms with van der Waals surface area (Å²) in [7, 11) is 4.32. The van der Waals surface area contributed by atoms with E-state index < -0.39 is 18.1 Å². The van der Waals surface area contributed by atoms with Gasteiger partial charge in [0.2, 0.25) is 5.89 Å². The first kappa shape index (κ1) is 20.2. The number of benzene rings is 1. The Hall–Kier alpha value is -3.56. The number of nitrogens with zero attached hydrogens (tertiary/aromatic N) is 4. The van der Waals surface area contributed by atoms with Crippen molar-refractivity contribution in [3.05, 3.63) is 47.6 Å². The highest BCUT2D eigenvalue weighted by atomic mass is 19.3. The Morgan fingerprint density at radius 3 is 2.52 bits per heavy atom. The molecule has 0 aliphatic rings. The van der Waals surface area contributed by atoms with E-state index in [1.165, 1.54) is 32.5 Å². The third-order valence-electron chi connectivity index (χ3n) is 4.22. The topological polar surface area (TPSA) is 90.6 Å². The van der Waals surface area contributed by atoms with Gasteiger partial charge < -0.3 is 13.9 Å². The van der Waals surface area contributed by atoms with Crippen LogP contribution in [0.5, 0.6) is 5.75 Å². The second-order valence-electron chi connectivity index (χ2n) is 5.99. The Labute approximate surface area is 165 Å². The van der Waals surface area contributed by atoms with Gasteiger partial charge in [-0.15, -0.1) is 5.10 Å². The number of anilines is 2. The molecule has 1 aromatic carbocycles. The number of aryl methyl sites for hydroxylation is 1. The zero-order valence-electron chi connectivity index (χ0n) is 16.1. The molecule has 2 aromatic heterocycles. The zero-order chi connectivity index (χ0) is 21.1. The first-order valence-electron chi connectivity index (χ1n) is 8.44. The molecule has 0 spiro atoms. The number of rotatable bonds is 6. The molecule has 0 saturated heterocycles. The van der Waals surface area contributed by atoms with Gasteiger partial charge in [0, 0.05) is 30.8 Å². The fourth-order valence-electron chi connectivity index (χ4n) is 2.74. The number of carbonyl (C=O) groups is 1. The van der Waals surface area contributed by atoms with Crippen LogP contribution in [0.25, 0.3) is 11.1 Å². The maximum Gasteiger partial charge on any atom is 0.338 e. The van der Waals surface area contributed by atoms with Crippen molar-refractivity contribution >= 4 is 17.7 Å². The molecule has 0 aliphatic carbocycles. The molecule has 10 heteroatoms. The van der Waals surface area contributed by atoms with Gasteiger partial charge in [-0.25, -0.2) is 13.6 Å². The number of alkyl halides is 2. The maximum atomic E-state index is 13.2. The Bertz CT molecular complexity index is 1040. The van der Waals surface area contributed by atoms with Crippen molar-refractivity contribution in [1.29, 1.82) is 0 Å². The molecular weight excluding hydrogens is 386 g/mol. The van der Waals surface area contributed by atoms with Crippen molar-refractivity contribution in [2.24, 2.45) is 0 Å². The molecule has 3 aromatic rings. The largest absolute Gasteiger partial charge is 0.494 e. The molecule has 8 nitrogen and oxygen atoms in total. The Morgan fingerprint density at radius 2 is 1.93 bits per heavy atom. The highest BCUT2D eigenvalue weighted by Crippen LogP contribution is 2.37. The highest BCUT2D eigenvalue weighted by Gasteiger charge is 2.22. The summed E-state index contributed by atoms with van der Waals surface area (Å²) in [5.41, 5.74) is 0.918. The highest BCUT2D eigenvalue weighted by molar-refractivity contribution is 5.99. The molecule has 29 heavy (non-hydrogen) atoms. The number of hydrogen-bond donors (Lipinski definition) is 0. The molecule has 152 valence electrons.